The van der Waals surface area contributed by atoms with Crippen LogP contribution in [0.25, 0.3) is 77.8 Å². The standard InChI is InChI=1S/C44H30N2.C12H12/c1-45(34-25-21-31(22-26-34)30-11-3-2-4-12-30)42-29-43-44(39-17-8-7-16-38(39)42)40-19-10-20-41(40)46(43)35-27-23-33(24-28-35)37-18-9-14-32-13-5-6-15-36(32)37;1-3-7-11(8-4-1)12-9-5-2-6-10-12/h2-18,20-29H,1H3;1-5,7-9H,6,10H2. The molecule has 0 saturated heterocycles. The molecule has 0 radical (unpaired) electrons. The van der Waals surface area contributed by atoms with Gasteiger partial charge in [0.1, 0.15) is 0 Å². The Morgan fingerprint density at radius 1 is 0.552 bits per heavy atom. The number of nitrogens with zero attached hydrogens (tertiary/aromatic N) is 2. The third kappa shape index (κ3) is 6.46. The second-order valence-electron chi connectivity index (χ2n) is 15.0. The average Bonchev–Trinajstić information content (AvgIpc) is 3.91. The molecule has 0 bridgehead atoms. The van der Waals surface area contributed by atoms with Gasteiger partial charge in [-0.3, -0.25) is 0 Å². The molecule has 2 nitrogen and oxygen atoms in total. The van der Waals surface area contributed by atoms with Gasteiger partial charge in [-0.1, -0.05) is 170 Å². The van der Waals surface area contributed by atoms with Crippen LogP contribution in [-0.2, 0) is 0 Å². The first-order valence-corrected chi connectivity index (χ1v) is 20.1. The molecule has 0 unspecified atom stereocenters. The molecule has 8 aromatic carbocycles. The minimum atomic E-state index is 1.14. The van der Waals surface area contributed by atoms with E-state index in [2.05, 4.69) is 229 Å². The van der Waals surface area contributed by atoms with E-state index in [4.69, 9.17) is 0 Å². The van der Waals surface area contributed by atoms with Crippen LogP contribution in [-0.4, -0.2) is 11.6 Å². The van der Waals surface area contributed by atoms with E-state index < -0.39 is 0 Å². The maximum absolute atomic E-state index is 3.57. The van der Waals surface area contributed by atoms with Crippen LogP contribution < -0.4 is 15.5 Å². The molecule has 276 valence electrons. The molecule has 0 N–H and O–H groups in total. The number of anilines is 2. The minimum Gasteiger partial charge on any atom is -0.344 e. The summed E-state index contributed by atoms with van der Waals surface area (Å²) in [4.78, 5) is 2.31. The van der Waals surface area contributed by atoms with Crippen molar-refractivity contribution in [2.24, 2.45) is 0 Å². The highest BCUT2D eigenvalue weighted by atomic mass is 15.1. The van der Waals surface area contributed by atoms with Crippen LogP contribution >= 0.6 is 0 Å². The summed E-state index contributed by atoms with van der Waals surface area (Å²) in [7, 11) is 2.17. The molecular weight excluding hydrogens is 701 g/mol. The van der Waals surface area contributed by atoms with Crippen LogP contribution in [0.2, 0.25) is 0 Å². The first kappa shape index (κ1) is 35.1. The second-order valence-corrected chi connectivity index (χ2v) is 15.0. The lowest BCUT2D eigenvalue weighted by molar-refractivity contribution is 1.05. The normalized spacial score (nSPS) is 12.7. The summed E-state index contributed by atoms with van der Waals surface area (Å²) in [6.07, 6.45) is 13.2. The SMILES string of the molecule is C1=CCCC(c2ccccc2)=C1.CN(c1ccc(-c2ccccc2)cc1)c1cc2c(c3c(n2-c2ccc(-c4cccc5ccccc45)cc2)=CC=C=3)c2ccccc12. The summed E-state index contributed by atoms with van der Waals surface area (Å²) in [5.41, 5.74) is 15.9. The Bertz CT molecular complexity index is 3170. The van der Waals surface area contributed by atoms with E-state index in [9.17, 15) is 0 Å². The number of hydrogen-bond acceptors (Lipinski definition) is 1. The lowest BCUT2D eigenvalue weighted by atomic mass is 9.98. The zero-order valence-corrected chi connectivity index (χ0v) is 32.5. The van der Waals surface area contributed by atoms with E-state index in [1.54, 1.807) is 0 Å². The van der Waals surface area contributed by atoms with Crippen LogP contribution in [0.5, 0.6) is 0 Å². The van der Waals surface area contributed by atoms with E-state index in [1.165, 1.54) is 89.7 Å². The van der Waals surface area contributed by atoms with Crippen molar-refractivity contribution in [1.29, 1.82) is 0 Å². The molecule has 0 atom stereocenters. The van der Waals surface area contributed by atoms with Gasteiger partial charge in [0.05, 0.1) is 21.8 Å². The first-order valence-electron chi connectivity index (χ1n) is 20.1. The fourth-order valence-corrected chi connectivity index (χ4v) is 8.62. The van der Waals surface area contributed by atoms with E-state index in [1.807, 2.05) is 6.08 Å². The number of aromatic nitrogens is 1. The molecule has 1 aromatic heterocycles. The van der Waals surface area contributed by atoms with Gasteiger partial charge in [0.15, 0.2) is 0 Å². The Labute approximate surface area is 339 Å². The van der Waals surface area contributed by atoms with Crippen LogP contribution in [0.1, 0.15) is 18.4 Å². The average molecular weight is 743 g/mol. The van der Waals surface area contributed by atoms with E-state index in [-0.39, 0.29) is 0 Å². The predicted molar refractivity (Wildman–Crippen MR) is 248 cm³/mol. The summed E-state index contributed by atoms with van der Waals surface area (Å²) >= 11 is 0. The molecule has 11 rings (SSSR count). The molecular formula is C56H42N2. The molecule has 2 aliphatic rings. The molecule has 2 aliphatic carbocycles. The Kier molecular flexibility index (Phi) is 9.24. The number of fused-ring (bicyclic) bond motifs is 6. The monoisotopic (exact) mass is 742 g/mol. The highest BCUT2D eigenvalue weighted by Crippen LogP contribution is 2.37. The molecule has 0 spiro atoms. The van der Waals surface area contributed by atoms with Crippen molar-refractivity contribution >= 4 is 61.2 Å². The zero-order valence-electron chi connectivity index (χ0n) is 32.5. The summed E-state index contributed by atoms with van der Waals surface area (Å²) < 4.78 is 2.40. The molecule has 0 fully saturated rings. The van der Waals surface area contributed by atoms with Gasteiger partial charge in [0.25, 0.3) is 0 Å². The highest BCUT2D eigenvalue weighted by molar-refractivity contribution is 6.14. The van der Waals surface area contributed by atoms with Gasteiger partial charge >= 0.3 is 0 Å². The van der Waals surface area contributed by atoms with Crippen molar-refractivity contribution in [2.75, 3.05) is 11.9 Å². The quantitative estimate of drug-likeness (QED) is 0.165. The molecule has 1 heterocycles. The maximum Gasteiger partial charge on any atom is 0.0625 e. The third-order valence-electron chi connectivity index (χ3n) is 11.6. The molecule has 2 heteroatoms. The van der Waals surface area contributed by atoms with Crippen molar-refractivity contribution in [1.82, 2.24) is 4.57 Å². The maximum atomic E-state index is 3.57. The van der Waals surface area contributed by atoms with E-state index >= 15 is 0 Å². The van der Waals surface area contributed by atoms with Crippen molar-refractivity contribution < 1.29 is 0 Å². The predicted octanol–water partition coefficient (Wildman–Crippen LogP) is 13.2. The van der Waals surface area contributed by atoms with Gasteiger partial charge in [-0.05, 0) is 105 Å². The van der Waals surface area contributed by atoms with Crippen LogP contribution in [0.3, 0.4) is 0 Å². The Morgan fingerprint density at radius 2 is 1.19 bits per heavy atom. The molecule has 0 aliphatic heterocycles. The van der Waals surface area contributed by atoms with Crippen molar-refractivity contribution in [3.63, 3.8) is 0 Å². The molecule has 9 aromatic rings. The number of allylic oxidation sites excluding steroid dienone is 5. The summed E-state index contributed by atoms with van der Waals surface area (Å²) in [5, 5.41) is 8.56. The van der Waals surface area contributed by atoms with Gasteiger partial charge < -0.3 is 9.47 Å². The molecule has 58 heavy (non-hydrogen) atoms. The first-order chi connectivity index (χ1) is 28.7. The summed E-state index contributed by atoms with van der Waals surface area (Å²) in [6, 6.07) is 65.3. The molecule has 0 amide bonds. The number of benzene rings is 8. The second kappa shape index (κ2) is 15.3. The Morgan fingerprint density at radius 3 is 1.93 bits per heavy atom. The van der Waals surface area contributed by atoms with Crippen molar-refractivity contribution in [2.45, 2.75) is 12.8 Å². The van der Waals surface area contributed by atoms with Gasteiger partial charge in [0.2, 0.25) is 0 Å². The Hall–Kier alpha value is -7.38. The van der Waals surface area contributed by atoms with Crippen molar-refractivity contribution in [3.8, 4) is 27.9 Å². The van der Waals surface area contributed by atoms with Gasteiger partial charge in [-0.15, -0.1) is 5.73 Å². The van der Waals surface area contributed by atoms with E-state index in [0.717, 1.165) is 16.6 Å². The highest BCUT2D eigenvalue weighted by Gasteiger charge is 2.19. The van der Waals surface area contributed by atoms with Gasteiger partial charge in [0, 0.05) is 29.2 Å². The summed E-state index contributed by atoms with van der Waals surface area (Å²) in [6.45, 7) is 0. The minimum absolute atomic E-state index is 1.14. The number of hydrogen-bond donors (Lipinski definition) is 0. The fraction of sp³-hybridized carbons (Fsp3) is 0.0536. The molecule has 0 saturated carbocycles. The smallest absolute Gasteiger partial charge is 0.0625 e. The van der Waals surface area contributed by atoms with Crippen LogP contribution in [0.15, 0.2) is 206 Å². The van der Waals surface area contributed by atoms with E-state index in [0.29, 0.717) is 0 Å². The fourth-order valence-electron chi connectivity index (χ4n) is 8.62. The lowest BCUT2D eigenvalue weighted by Crippen LogP contribution is -2.25. The lowest BCUT2D eigenvalue weighted by Gasteiger charge is -2.23. The van der Waals surface area contributed by atoms with Gasteiger partial charge in [-0.2, -0.15) is 0 Å². The van der Waals surface area contributed by atoms with Crippen LogP contribution in [0.4, 0.5) is 11.4 Å². The summed E-state index contributed by atoms with van der Waals surface area (Å²) in [5.74, 6) is 0. The third-order valence-corrected chi connectivity index (χ3v) is 11.6. The largest absolute Gasteiger partial charge is 0.344 e. The van der Waals surface area contributed by atoms with Crippen LogP contribution in [0, 0.1) is 0 Å². The van der Waals surface area contributed by atoms with Gasteiger partial charge in [-0.25, -0.2) is 0 Å². The van der Waals surface area contributed by atoms with Crippen molar-refractivity contribution in [3.05, 3.63) is 222 Å². The topological polar surface area (TPSA) is 8.17 Å². The zero-order chi connectivity index (χ0) is 38.8. The Balaban J connectivity index is 0.000000291. The number of rotatable bonds is 6.